The van der Waals surface area contributed by atoms with Gasteiger partial charge in [-0.15, -0.1) is 0 Å². The maximum absolute atomic E-state index is 14.1. The molecule has 1 heterocycles. The number of benzene rings is 2. The SMILES string of the molecule is O=C(O)CCN(Cc1cccc(F)c1F)C(=O)[C@H]1CC(=O)Nc2ccccc21. The summed E-state index contributed by atoms with van der Waals surface area (Å²) < 4.78 is 27.6. The standard InChI is InChI=1S/C20H18F2N2O4/c21-15-6-3-4-12(19(15)22)11-24(9-8-18(26)27)20(28)14-10-17(25)23-16-7-2-1-5-13(14)16/h1-7,14H,8-11H2,(H,23,25)(H,26,27)/t14-/m0/s1. The number of carboxylic acids is 1. The predicted octanol–water partition coefficient (Wildman–Crippen LogP) is 2.89. The molecule has 0 fully saturated rings. The van der Waals surface area contributed by atoms with Gasteiger partial charge >= 0.3 is 5.97 Å². The summed E-state index contributed by atoms with van der Waals surface area (Å²) in [6.45, 7) is -0.486. The second kappa shape index (κ2) is 8.16. The van der Waals surface area contributed by atoms with E-state index in [2.05, 4.69) is 5.32 Å². The van der Waals surface area contributed by atoms with Crippen molar-refractivity contribution in [3.63, 3.8) is 0 Å². The fraction of sp³-hybridized carbons (Fsp3) is 0.250. The quantitative estimate of drug-likeness (QED) is 0.797. The van der Waals surface area contributed by atoms with E-state index < -0.39 is 29.4 Å². The molecule has 0 saturated carbocycles. The molecule has 2 N–H and O–H groups in total. The first-order valence-corrected chi connectivity index (χ1v) is 8.69. The predicted molar refractivity (Wildman–Crippen MR) is 96.5 cm³/mol. The molecule has 2 aromatic rings. The second-order valence-corrected chi connectivity index (χ2v) is 6.51. The lowest BCUT2D eigenvalue weighted by Crippen LogP contribution is -2.39. The summed E-state index contributed by atoms with van der Waals surface area (Å²) in [5, 5.41) is 11.7. The van der Waals surface area contributed by atoms with E-state index >= 15 is 0 Å². The second-order valence-electron chi connectivity index (χ2n) is 6.51. The largest absolute Gasteiger partial charge is 0.481 e. The molecular formula is C20H18F2N2O4. The third kappa shape index (κ3) is 4.16. The van der Waals surface area contributed by atoms with Crippen LogP contribution in [0.1, 0.15) is 29.9 Å². The van der Waals surface area contributed by atoms with Crippen molar-refractivity contribution in [2.75, 3.05) is 11.9 Å². The first-order valence-electron chi connectivity index (χ1n) is 8.69. The van der Waals surface area contributed by atoms with Crippen LogP contribution in [0.2, 0.25) is 0 Å². The van der Waals surface area contributed by atoms with Crippen molar-refractivity contribution in [2.45, 2.75) is 25.3 Å². The molecule has 6 nitrogen and oxygen atoms in total. The molecule has 2 amide bonds. The van der Waals surface area contributed by atoms with Gasteiger partial charge in [0, 0.05) is 30.8 Å². The highest BCUT2D eigenvalue weighted by Gasteiger charge is 2.33. The molecule has 1 aliphatic heterocycles. The highest BCUT2D eigenvalue weighted by Crippen LogP contribution is 2.33. The van der Waals surface area contributed by atoms with Crippen LogP contribution in [0.25, 0.3) is 0 Å². The zero-order valence-electron chi connectivity index (χ0n) is 14.8. The molecule has 0 unspecified atom stereocenters. The number of aliphatic carboxylic acids is 1. The number of carbonyl (C=O) groups is 3. The fourth-order valence-corrected chi connectivity index (χ4v) is 3.23. The maximum atomic E-state index is 14.1. The van der Waals surface area contributed by atoms with E-state index in [-0.39, 0.29) is 37.4 Å². The molecule has 0 saturated heterocycles. The van der Waals surface area contributed by atoms with Crippen LogP contribution in [0, 0.1) is 11.6 Å². The Morgan fingerprint density at radius 3 is 2.64 bits per heavy atom. The number of rotatable bonds is 6. The van der Waals surface area contributed by atoms with Gasteiger partial charge < -0.3 is 15.3 Å². The lowest BCUT2D eigenvalue weighted by atomic mass is 9.89. The number of nitrogens with one attached hydrogen (secondary N) is 1. The van der Waals surface area contributed by atoms with Gasteiger partial charge in [0.05, 0.1) is 12.3 Å². The van der Waals surface area contributed by atoms with Crippen LogP contribution < -0.4 is 5.32 Å². The van der Waals surface area contributed by atoms with E-state index in [4.69, 9.17) is 5.11 Å². The molecular weight excluding hydrogens is 370 g/mol. The summed E-state index contributed by atoms with van der Waals surface area (Å²) in [6.07, 6.45) is -0.464. The lowest BCUT2D eigenvalue weighted by Gasteiger charge is -2.30. The normalized spacial score (nSPS) is 15.5. The van der Waals surface area contributed by atoms with E-state index in [0.717, 1.165) is 11.0 Å². The van der Waals surface area contributed by atoms with E-state index in [9.17, 15) is 23.2 Å². The van der Waals surface area contributed by atoms with E-state index in [1.165, 1.54) is 12.1 Å². The molecule has 0 spiro atoms. The molecule has 0 bridgehead atoms. The Balaban J connectivity index is 1.91. The van der Waals surface area contributed by atoms with Gasteiger partial charge in [0.25, 0.3) is 0 Å². The number of hydrogen-bond acceptors (Lipinski definition) is 3. The van der Waals surface area contributed by atoms with Gasteiger partial charge in [-0.25, -0.2) is 8.78 Å². The van der Waals surface area contributed by atoms with Gasteiger partial charge in [-0.2, -0.15) is 0 Å². The van der Waals surface area contributed by atoms with Gasteiger partial charge in [-0.05, 0) is 17.7 Å². The Labute approximate surface area is 159 Å². The lowest BCUT2D eigenvalue weighted by molar-refractivity contribution is -0.140. The van der Waals surface area contributed by atoms with Crippen molar-refractivity contribution in [2.24, 2.45) is 0 Å². The van der Waals surface area contributed by atoms with Crippen molar-refractivity contribution in [1.29, 1.82) is 0 Å². The summed E-state index contributed by atoms with van der Waals surface area (Å²) in [7, 11) is 0. The minimum Gasteiger partial charge on any atom is -0.481 e. The molecule has 2 aromatic carbocycles. The number of anilines is 1. The summed E-state index contributed by atoms with van der Waals surface area (Å²) in [4.78, 5) is 37.3. The third-order valence-corrected chi connectivity index (χ3v) is 4.60. The molecule has 1 atom stereocenters. The molecule has 8 heteroatoms. The molecule has 146 valence electrons. The summed E-state index contributed by atoms with van der Waals surface area (Å²) >= 11 is 0. The highest BCUT2D eigenvalue weighted by atomic mass is 19.2. The Morgan fingerprint density at radius 2 is 1.89 bits per heavy atom. The smallest absolute Gasteiger partial charge is 0.305 e. The molecule has 3 rings (SSSR count). The monoisotopic (exact) mass is 388 g/mol. The summed E-state index contributed by atoms with van der Waals surface area (Å²) in [5.41, 5.74) is 1.05. The number of para-hydroxylation sites is 1. The number of nitrogens with zero attached hydrogens (tertiary/aromatic N) is 1. The number of halogens is 2. The first-order chi connectivity index (χ1) is 13.4. The maximum Gasteiger partial charge on any atom is 0.305 e. The van der Waals surface area contributed by atoms with E-state index in [1.54, 1.807) is 24.3 Å². The average Bonchev–Trinajstić information content (AvgIpc) is 2.67. The zero-order valence-corrected chi connectivity index (χ0v) is 14.8. The Kier molecular flexibility index (Phi) is 5.67. The van der Waals surface area contributed by atoms with Crippen LogP contribution in [0.5, 0.6) is 0 Å². The van der Waals surface area contributed by atoms with Crippen LogP contribution in [0.15, 0.2) is 42.5 Å². The molecule has 0 aliphatic carbocycles. The molecule has 0 radical (unpaired) electrons. The Bertz CT molecular complexity index is 932. The van der Waals surface area contributed by atoms with Gasteiger partial charge in [0.1, 0.15) is 0 Å². The summed E-state index contributed by atoms with van der Waals surface area (Å²) in [6, 6.07) is 10.4. The third-order valence-electron chi connectivity index (χ3n) is 4.60. The number of fused-ring (bicyclic) bond motifs is 1. The topological polar surface area (TPSA) is 86.7 Å². The van der Waals surface area contributed by atoms with Gasteiger partial charge in [0.2, 0.25) is 11.8 Å². The first kappa shape index (κ1) is 19.5. The molecule has 28 heavy (non-hydrogen) atoms. The molecule has 0 aromatic heterocycles. The van der Waals surface area contributed by atoms with Gasteiger partial charge in [-0.1, -0.05) is 30.3 Å². The van der Waals surface area contributed by atoms with Crippen LogP contribution >= 0.6 is 0 Å². The van der Waals surface area contributed by atoms with Crippen molar-refractivity contribution >= 4 is 23.5 Å². The van der Waals surface area contributed by atoms with Crippen LogP contribution in [0.4, 0.5) is 14.5 Å². The molecule has 1 aliphatic rings. The van der Waals surface area contributed by atoms with Crippen molar-refractivity contribution < 1.29 is 28.3 Å². The van der Waals surface area contributed by atoms with E-state index in [0.29, 0.717) is 11.3 Å². The van der Waals surface area contributed by atoms with Gasteiger partial charge in [0.15, 0.2) is 11.6 Å². The minimum atomic E-state index is -1.13. The van der Waals surface area contributed by atoms with Crippen LogP contribution in [0.3, 0.4) is 0 Å². The zero-order chi connectivity index (χ0) is 20.3. The number of amides is 2. The van der Waals surface area contributed by atoms with Gasteiger partial charge in [-0.3, -0.25) is 14.4 Å². The number of carboxylic acid groups (broad SMARTS) is 1. The van der Waals surface area contributed by atoms with E-state index in [1.807, 2.05) is 0 Å². The number of hydrogen-bond donors (Lipinski definition) is 2. The average molecular weight is 388 g/mol. The van der Waals surface area contributed by atoms with Crippen molar-refractivity contribution in [3.8, 4) is 0 Å². The van der Waals surface area contributed by atoms with Crippen molar-refractivity contribution in [3.05, 3.63) is 65.2 Å². The minimum absolute atomic E-state index is 0.0627. The van der Waals surface area contributed by atoms with Crippen LogP contribution in [-0.4, -0.2) is 34.3 Å². The fourth-order valence-electron chi connectivity index (χ4n) is 3.23. The van der Waals surface area contributed by atoms with Crippen LogP contribution in [-0.2, 0) is 20.9 Å². The highest BCUT2D eigenvalue weighted by molar-refractivity contribution is 6.01. The number of carbonyl (C=O) groups excluding carboxylic acids is 2. The van der Waals surface area contributed by atoms with Crippen molar-refractivity contribution in [1.82, 2.24) is 4.90 Å². The Morgan fingerprint density at radius 1 is 1.14 bits per heavy atom. The summed E-state index contributed by atoms with van der Waals surface area (Å²) in [5.74, 6) is -4.93. The Hall–Kier alpha value is -3.29.